The van der Waals surface area contributed by atoms with E-state index in [1.54, 1.807) is 11.8 Å². The van der Waals surface area contributed by atoms with Crippen LogP contribution < -0.4 is 0 Å². The summed E-state index contributed by atoms with van der Waals surface area (Å²) in [5, 5.41) is 0. The molecule has 1 heterocycles. The van der Waals surface area contributed by atoms with E-state index in [1.165, 1.54) is 16.7 Å². The molecule has 0 aromatic heterocycles. The molecule has 2 nitrogen and oxygen atoms in total. The number of hydrogen-bond donors (Lipinski definition) is 0. The van der Waals surface area contributed by atoms with Gasteiger partial charge in [0.25, 0.3) is 0 Å². The van der Waals surface area contributed by atoms with Gasteiger partial charge in [0.15, 0.2) is 0 Å². The quantitative estimate of drug-likeness (QED) is 0.749. The Balaban J connectivity index is 1.37. The van der Waals surface area contributed by atoms with Crippen LogP contribution in [0.15, 0.2) is 54.6 Å². The topological polar surface area (TPSA) is 20.3 Å². The van der Waals surface area contributed by atoms with E-state index in [0.29, 0.717) is 17.6 Å². The van der Waals surface area contributed by atoms with Crippen LogP contribution in [0.1, 0.15) is 29.5 Å². The van der Waals surface area contributed by atoms with Gasteiger partial charge < -0.3 is 4.90 Å². The summed E-state index contributed by atoms with van der Waals surface area (Å²) in [5.41, 5.74) is 3.99. The maximum absolute atomic E-state index is 12.4. The van der Waals surface area contributed by atoms with Gasteiger partial charge in [-0.15, -0.1) is 11.8 Å². The monoisotopic (exact) mass is 353 g/mol. The first kappa shape index (κ1) is 18.1. The number of hydrogen-bond acceptors (Lipinski definition) is 2. The zero-order valence-electron chi connectivity index (χ0n) is 15.0. The highest BCUT2D eigenvalue weighted by atomic mass is 32.2. The Morgan fingerprint density at radius 3 is 2.36 bits per heavy atom. The largest absolute Gasteiger partial charge is 0.342 e. The van der Waals surface area contributed by atoms with E-state index in [0.717, 1.165) is 38.1 Å². The van der Waals surface area contributed by atoms with E-state index in [1.807, 2.05) is 0 Å². The molecule has 0 spiro atoms. The van der Waals surface area contributed by atoms with E-state index in [9.17, 15) is 4.79 Å². The number of likely N-dealkylation sites (tertiary alicyclic amines) is 1. The summed E-state index contributed by atoms with van der Waals surface area (Å²) in [6.07, 6.45) is 3.40. The molecular weight excluding hydrogens is 326 g/mol. The number of benzene rings is 2. The minimum Gasteiger partial charge on any atom is -0.342 e. The van der Waals surface area contributed by atoms with Gasteiger partial charge >= 0.3 is 0 Å². The number of rotatable bonds is 6. The van der Waals surface area contributed by atoms with Crippen molar-refractivity contribution in [2.75, 3.05) is 18.8 Å². The lowest BCUT2D eigenvalue weighted by atomic mass is 9.90. The summed E-state index contributed by atoms with van der Waals surface area (Å²) in [6, 6.07) is 19.3. The Bertz CT molecular complexity index is 660. The molecule has 25 heavy (non-hydrogen) atoms. The highest BCUT2D eigenvalue weighted by Crippen LogP contribution is 2.22. The third-order valence-corrected chi connectivity index (χ3v) is 5.94. The molecule has 1 saturated heterocycles. The van der Waals surface area contributed by atoms with Crippen LogP contribution in [0, 0.1) is 12.8 Å². The number of thioether (sulfide) groups is 1. The molecule has 2 aromatic carbocycles. The van der Waals surface area contributed by atoms with Gasteiger partial charge in [-0.1, -0.05) is 60.2 Å². The van der Waals surface area contributed by atoms with E-state index in [-0.39, 0.29) is 0 Å². The minimum absolute atomic E-state index is 0.301. The van der Waals surface area contributed by atoms with E-state index >= 15 is 0 Å². The Kier molecular flexibility index (Phi) is 6.57. The van der Waals surface area contributed by atoms with Gasteiger partial charge in [0.1, 0.15) is 0 Å². The summed E-state index contributed by atoms with van der Waals surface area (Å²) >= 11 is 1.73. The second-order valence-corrected chi connectivity index (χ2v) is 7.98. The van der Waals surface area contributed by atoms with Crippen molar-refractivity contribution in [2.45, 2.75) is 31.9 Å². The molecule has 2 aromatic rings. The number of piperidine rings is 1. The second-order valence-electron chi connectivity index (χ2n) is 6.99. The molecule has 0 radical (unpaired) electrons. The number of carbonyl (C=O) groups is 1. The lowest BCUT2D eigenvalue weighted by Gasteiger charge is -2.32. The fourth-order valence-corrected chi connectivity index (χ4v) is 4.25. The van der Waals surface area contributed by atoms with Crippen molar-refractivity contribution in [2.24, 2.45) is 5.92 Å². The van der Waals surface area contributed by atoms with E-state index in [4.69, 9.17) is 0 Å². The fourth-order valence-electron chi connectivity index (χ4n) is 3.37. The van der Waals surface area contributed by atoms with Gasteiger partial charge in [-0.3, -0.25) is 4.79 Å². The summed E-state index contributed by atoms with van der Waals surface area (Å²) in [7, 11) is 0. The van der Waals surface area contributed by atoms with Gasteiger partial charge in [-0.05, 0) is 43.2 Å². The third-order valence-electron chi connectivity index (χ3n) is 4.95. The molecule has 1 aliphatic rings. The normalized spacial score (nSPS) is 15.3. The van der Waals surface area contributed by atoms with Gasteiger partial charge in [0.05, 0.1) is 5.75 Å². The van der Waals surface area contributed by atoms with Crippen molar-refractivity contribution in [3.05, 3.63) is 71.3 Å². The Labute approximate surface area is 155 Å². The average molecular weight is 354 g/mol. The first-order chi connectivity index (χ1) is 12.2. The van der Waals surface area contributed by atoms with Crippen molar-refractivity contribution in [1.29, 1.82) is 0 Å². The average Bonchev–Trinajstić information content (AvgIpc) is 2.65. The second kappa shape index (κ2) is 9.10. The summed E-state index contributed by atoms with van der Waals surface area (Å²) in [6.45, 7) is 3.94. The number of aryl methyl sites for hydroxylation is 1. The first-order valence-electron chi connectivity index (χ1n) is 9.15. The molecule has 0 unspecified atom stereocenters. The number of nitrogens with zero attached hydrogens (tertiary/aromatic N) is 1. The molecule has 1 fully saturated rings. The molecule has 0 N–H and O–H groups in total. The van der Waals surface area contributed by atoms with Crippen LogP contribution in [0.4, 0.5) is 0 Å². The molecule has 3 rings (SSSR count). The first-order valence-corrected chi connectivity index (χ1v) is 10.3. The molecule has 0 bridgehead atoms. The predicted molar refractivity (Wildman–Crippen MR) is 107 cm³/mol. The van der Waals surface area contributed by atoms with Crippen LogP contribution in [0.3, 0.4) is 0 Å². The SMILES string of the molecule is Cc1ccc(CSCC(=O)N2CCC(Cc3ccccc3)CC2)cc1. The van der Waals surface area contributed by atoms with Crippen LogP contribution in [-0.2, 0) is 17.0 Å². The Morgan fingerprint density at radius 1 is 1.00 bits per heavy atom. The molecular formula is C22H27NOS. The van der Waals surface area contributed by atoms with E-state index < -0.39 is 0 Å². The van der Waals surface area contributed by atoms with Gasteiger partial charge in [0, 0.05) is 18.8 Å². The standard InChI is InChI=1S/C22H27NOS/c1-18-7-9-21(10-8-18)16-25-17-22(24)23-13-11-20(12-14-23)15-19-5-3-2-4-6-19/h2-10,20H,11-17H2,1H3. The molecule has 3 heteroatoms. The lowest BCUT2D eigenvalue weighted by Crippen LogP contribution is -2.39. The molecule has 0 atom stereocenters. The predicted octanol–water partition coefficient (Wildman–Crippen LogP) is 4.71. The molecule has 0 saturated carbocycles. The lowest BCUT2D eigenvalue weighted by molar-refractivity contribution is -0.129. The third kappa shape index (κ3) is 5.64. The molecule has 1 amide bonds. The van der Waals surface area contributed by atoms with E-state index in [2.05, 4.69) is 66.4 Å². The maximum atomic E-state index is 12.4. The maximum Gasteiger partial charge on any atom is 0.232 e. The van der Waals surface area contributed by atoms with Crippen molar-refractivity contribution < 1.29 is 4.79 Å². The smallest absolute Gasteiger partial charge is 0.232 e. The van der Waals surface area contributed by atoms with Crippen LogP contribution >= 0.6 is 11.8 Å². The Hall–Kier alpha value is -1.74. The fraction of sp³-hybridized carbons (Fsp3) is 0.409. The summed E-state index contributed by atoms with van der Waals surface area (Å²) < 4.78 is 0. The van der Waals surface area contributed by atoms with Crippen molar-refractivity contribution in [1.82, 2.24) is 4.90 Å². The highest BCUT2D eigenvalue weighted by molar-refractivity contribution is 7.99. The number of amides is 1. The zero-order chi connectivity index (χ0) is 17.5. The van der Waals surface area contributed by atoms with Crippen LogP contribution in [0.25, 0.3) is 0 Å². The van der Waals surface area contributed by atoms with Crippen LogP contribution in [0.5, 0.6) is 0 Å². The summed E-state index contributed by atoms with van der Waals surface area (Å²) in [5.74, 6) is 2.52. The van der Waals surface area contributed by atoms with Gasteiger partial charge in [-0.2, -0.15) is 0 Å². The molecule has 0 aliphatic carbocycles. The summed E-state index contributed by atoms with van der Waals surface area (Å²) in [4.78, 5) is 14.5. The van der Waals surface area contributed by atoms with Gasteiger partial charge in [-0.25, -0.2) is 0 Å². The minimum atomic E-state index is 0.301. The van der Waals surface area contributed by atoms with Crippen molar-refractivity contribution in [3.63, 3.8) is 0 Å². The van der Waals surface area contributed by atoms with Crippen LogP contribution in [-0.4, -0.2) is 29.6 Å². The Morgan fingerprint density at radius 2 is 1.68 bits per heavy atom. The molecule has 1 aliphatic heterocycles. The van der Waals surface area contributed by atoms with Crippen molar-refractivity contribution >= 4 is 17.7 Å². The van der Waals surface area contributed by atoms with Gasteiger partial charge in [0.2, 0.25) is 5.91 Å². The molecule has 132 valence electrons. The van der Waals surface area contributed by atoms with Crippen molar-refractivity contribution in [3.8, 4) is 0 Å². The zero-order valence-corrected chi connectivity index (χ0v) is 15.8. The highest BCUT2D eigenvalue weighted by Gasteiger charge is 2.22. The number of carbonyl (C=O) groups excluding carboxylic acids is 1. The van der Waals surface area contributed by atoms with Crippen LogP contribution in [0.2, 0.25) is 0 Å².